The molecule has 1 aromatic heterocycles. The van der Waals surface area contributed by atoms with Gasteiger partial charge in [-0.2, -0.15) is 0 Å². The fourth-order valence-corrected chi connectivity index (χ4v) is 4.01. The Morgan fingerprint density at radius 3 is 2.67 bits per heavy atom. The summed E-state index contributed by atoms with van der Waals surface area (Å²) in [5.74, 6) is 0.378. The van der Waals surface area contributed by atoms with Gasteiger partial charge in [0.1, 0.15) is 10.8 Å². The Morgan fingerprint density at radius 2 is 1.96 bits per heavy atom. The lowest BCUT2D eigenvalue weighted by Gasteiger charge is -2.29. The molecule has 3 rings (SSSR count). The van der Waals surface area contributed by atoms with Crippen LogP contribution in [-0.2, 0) is 9.53 Å². The molecule has 1 saturated carbocycles. The molecule has 2 aromatic rings. The van der Waals surface area contributed by atoms with Gasteiger partial charge in [-0.1, -0.05) is 19.8 Å². The molecule has 1 heterocycles. The highest BCUT2D eigenvalue weighted by Crippen LogP contribution is 2.26. The maximum Gasteiger partial charge on any atom is 0.358 e. The van der Waals surface area contributed by atoms with Crippen LogP contribution in [0.5, 0.6) is 5.75 Å². The normalized spacial score (nSPS) is 19.3. The summed E-state index contributed by atoms with van der Waals surface area (Å²) in [5.41, 5.74) is 1.11. The van der Waals surface area contributed by atoms with Crippen molar-refractivity contribution in [3.8, 4) is 16.3 Å². The van der Waals surface area contributed by atoms with Crippen molar-refractivity contribution in [2.45, 2.75) is 38.6 Å². The third-order valence-electron chi connectivity index (χ3n) is 4.84. The summed E-state index contributed by atoms with van der Waals surface area (Å²) in [6.07, 6.45) is 4.45. The minimum atomic E-state index is -0.585. The maximum atomic E-state index is 12.2. The number of hydrogen-bond donors (Lipinski definition) is 1. The summed E-state index contributed by atoms with van der Waals surface area (Å²) in [6, 6.07) is 7.61. The van der Waals surface area contributed by atoms with Gasteiger partial charge < -0.3 is 14.8 Å². The molecule has 0 spiro atoms. The van der Waals surface area contributed by atoms with Crippen molar-refractivity contribution in [2.24, 2.45) is 5.92 Å². The van der Waals surface area contributed by atoms with Crippen molar-refractivity contribution in [2.75, 3.05) is 13.7 Å². The summed E-state index contributed by atoms with van der Waals surface area (Å²) >= 11 is 1.35. The molecule has 1 amide bonds. The topological polar surface area (TPSA) is 77.5 Å². The minimum absolute atomic E-state index is 0.172. The first-order chi connectivity index (χ1) is 13.1. The molecule has 0 radical (unpaired) electrons. The van der Waals surface area contributed by atoms with E-state index in [9.17, 15) is 9.59 Å². The molecule has 1 N–H and O–H groups in total. The second-order valence-electron chi connectivity index (χ2n) is 6.78. The number of methoxy groups -OCH3 is 1. The van der Waals surface area contributed by atoms with E-state index < -0.39 is 5.97 Å². The molecule has 1 fully saturated rings. The summed E-state index contributed by atoms with van der Waals surface area (Å²) in [4.78, 5) is 28.5. The van der Waals surface area contributed by atoms with E-state index in [1.165, 1.54) is 17.8 Å². The van der Waals surface area contributed by atoms with Crippen molar-refractivity contribution in [3.05, 3.63) is 35.3 Å². The number of carbonyl (C=O) groups is 2. The van der Waals surface area contributed by atoms with Crippen molar-refractivity contribution in [1.82, 2.24) is 10.3 Å². The number of nitrogens with zero attached hydrogens (tertiary/aromatic N) is 1. The number of benzene rings is 1. The summed E-state index contributed by atoms with van der Waals surface area (Å²) in [6.45, 7) is 1.86. The molecule has 144 valence electrons. The van der Waals surface area contributed by atoms with Crippen LogP contribution in [0.15, 0.2) is 29.6 Å². The van der Waals surface area contributed by atoms with Crippen LogP contribution in [0.25, 0.3) is 10.6 Å². The Labute approximate surface area is 162 Å². The van der Waals surface area contributed by atoms with Crippen LogP contribution < -0.4 is 10.1 Å². The van der Waals surface area contributed by atoms with Gasteiger partial charge in [0.15, 0.2) is 12.3 Å². The van der Waals surface area contributed by atoms with E-state index in [1.807, 2.05) is 24.3 Å². The smallest absolute Gasteiger partial charge is 0.358 e. The van der Waals surface area contributed by atoms with Crippen LogP contribution in [0.2, 0.25) is 0 Å². The molecule has 0 unspecified atom stereocenters. The summed E-state index contributed by atoms with van der Waals surface area (Å²) in [5, 5.41) is 5.33. The van der Waals surface area contributed by atoms with Gasteiger partial charge in [-0.05, 0) is 43.0 Å². The molecule has 1 aliphatic rings. The van der Waals surface area contributed by atoms with Crippen molar-refractivity contribution >= 4 is 23.2 Å². The average Bonchev–Trinajstić information content (AvgIpc) is 3.18. The van der Waals surface area contributed by atoms with Gasteiger partial charge in [0.05, 0.1) is 7.11 Å². The van der Waals surface area contributed by atoms with E-state index in [2.05, 4.69) is 17.2 Å². The zero-order chi connectivity index (χ0) is 19.2. The van der Waals surface area contributed by atoms with Gasteiger partial charge >= 0.3 is 5.97 Å². The molecular formula is C20H24N2O4S. The molecule has 6 nitrogen and oxygen atoms in total. The first-order valence-corrected chi connectivity index (χ1v) is 10.0. The third kappa shape index (κ3) is 5.07. The largest absolute Gasteiger partial charge is 0.497 e. The fraction of sp³-hybridized carbons (Fsp3) is 0.450. The zero-order valence-corrected chi connectivity index (χ0v) is 16.4. The minimum Gasteiger partial charge on any atom is -0.497 e. The number of nitrogens with one attached hydrogen (secondary N) is 1. The van der Waals surface area contributed by atoms with Crippen molar-refractivity contribution in [1.29, 1.82) is 0 Å². The summed E-state index contributed by atoms with van der Waals surface area (Å²) < 4.78 is 10.3. The van der Waals surface area contributed by atoms with Gasteiger partial charge in [0.2, 0.25) is 0 Å². The Hall–Kier alpha value is -2.41. The molecule has 1 aliphatic carbocycles. The van der Waals surface area contributed by atoms with Crippen LogP contribution in [0.3, 0.4) is 0 Å². The highest BCUT2D eigenvalue weighted by Gasteiger charge is 2.23. The van der Waals surface area contributed by atoms with Crippen LogP contribution >= 0.6 is 11.3 Å². The number of hydrogen-bond acceptors (Lipinski definition) is 6. The predicted octanol–water partition coefficient (Wildman–Crippen LogP) is 3.67. The number of amides is 1. The van der Waals surface area contributed by atoms with Crippen molar-refractivity contribution in [3.63, 3.8) is 0 Å². The molecular weight excluding hydrogens is 364 g/mol. The van der Waals surface area contributed by atoms with Crippen LogP contribution in [0, 0.1) is 5.92 Å². The Morgan fingerprint density at radius 1 is 1.22 bits per heavy atom. The molecule has 27 heavy (non-hydrogen) atoms. The van der Waals surface area contributed by atoms with Crippen molar-refractivity contribution < 1.29 is 19.1 Å². The van der Waals surface area contributed by atoms with Crippen LogP contribution in [0.1, 0.15) is 43.1 Å². The molecule has 0 saturated heterocycles. The van der Waals surface area contributed by atoms with E-state index in [0.717, 1.165) is 30.6 Å². The van der Waals surface area contributed by atoms with Gasteiger partial charge in [0.25, 0.3) is 5.91 Å². The van der Waals surface area contributed by atoms with E-state index in [-0.39, 0.29) is 24.2 Å². The highest BCUT2D eigenvalue weighted by atomic mass is 32.1. The number of esters is 1. The Balaban J connectivity index is 1.52. The Bertz CT molecular complexity index is 788. The highest BCUT2D eigenvalue weighted by molar-refractivity contribution is 7.13. The van der Waals surface area contributed by atoms with E-state index >= 15 is 0 Å². The second kappa shape index (κ2) is 8.99. The first kappa shape index (κ1) is 19.4. The first-order valence-electron chi connectivity index (χ1n) is 9.13. The summed E-state index contributed by atoms with van der Waals surface area (Å²) in [7, 11) is 1.61. The number of thiazole rings is 1. The van der Waals surface area contributed by atoms with E-state index in [1.54, 1.807) is 12.5 Å². The number of carbonyl (C=O) groups excluding carboxylic acids is 2. The lowest BCUT2D eigenvalue weighted by Crippen LogP contribution is -2.42. The molecule has 1 aromatic carbocycles. The predicted molar refractivity (Wildman–Crippen MR) is 104 cm³/mol. The van der Waals surface area contributed by atoms with Gasteiger partial charge in [-0.15, -0.1) is 11.3 Å². The fourth-order valence-electron chi connectivity index (χ4n) is 3.22. The number of rotatable bonds is 6. The second-order valence-corrected chi connectivity index (χ2v) is 7.64. The Kier molecular flexibility index (Phi) is 6.45. The van der Waals surface area contributed by atoms with E-state index in [4.69, 9.17) is 9.47 Å². The van der Waals surface area contributed by atoms with Crippen LogP contribution in [0.4, 0.5) is 0 Å². The van der Waals surface area contributed by atoms with Gasteiger partial charge in [-0.25, -0.2) is 9.78 Å². The SMILES string of the molecule is COc1ccc(-c2nc(C(=O)OCC(=O)N[C@@H]3CCCC[C@H]3C)cs2)cc1. The molecule has 0 bridgehead atoms. The number of ether oxygens (including phenoxy) is 2. The van der Waals surface area contributed by atoms with Gasteiger partial charge in [0, 0.05) is 17.0 Å². The third-order valence-corrected chi connectivity index (χ3v) is 5.73. The van der Waals surface area contributed by atoms with Crippen LogP contribution in [-0.4, -0.2) is 36.6 Å². The monoisotopic (exact) mass is 388 g/mol. The van der Waals surface area contributed by atoms with E-state index in [0.29, 0.717) is 10.9 Å². The molecule has 0 aliphatic heterocycles. The van der Waals surface area contributed by atoms with Gasteiger partial charge in [-0.3, -0.25) is 4.79 Å². The molecule has 7 heteroatoms. The lowest BCUT2D eigenvalue weighted by molar-refractivity contribution is -0.125. The standard InChI is InChI=1S/C20H24N2O4S/c1-13-5-3-4-6-16(13)21-18(23)11-26-20(24)17-12-27-19(22-17)14-7-9-15(25-2)10-8-14/h7-10,12-13,16H,3-6,11H2,1-2H3,(H,21,23)/t13-,16-/m1/s1. The maximum absolute atomic E-state index is 12.2. The quantitative estimate of drug-likeness (QED) is 0.764. The number of aromatic nitrogens is 1. The zero-order valence-electron chi connectivity index (χ0n) is 15.6. The average molecular weight is 388 g/mol. The molecule has 2 atom stereocenters. The lowest BCUT2D eigenvalue weighted by atomic mass is 9.86.